The van der Waals surface area contributed by atoms with Crippen molar-refractivity contribution in [2.45, 2.75) is 12.7 Å². The molecule has 0 saturated heterocycles. The highest BCUT2D eigenvalue weighted by Crippen LogP contribution is 2.36. The number of Topliss-reactive ketones (excluding diaryl/α,β-unsaturated/α-hetero) is 1. The van der Waals surface area contributed by atoms with Gasteiger partial charge in [-0.1, -0.05) is 0 Å². The molecule has 1 aromatic carbocycles. The lowest BCUT2D eigenvalue weighted by atomic mass is 10.1. The van der Waals surface area contributed by atoms with Crippen molar-refractivity contribution in [2.75, 3.05) is 4.90 Å². The first kappa shape index (κ1) is 14.3. The van der Waals surface area contributed by atoms with Crippen molar-refractivity contribution in [3.05, 3.63) is 53.2 Å². The summed E-state index contributed by atoms with van der Waals surface area (Å²) in [6.07, 6.45) is -3.78. The molecule has 8 heteroatoms. The van der Waals surface area contributed by atoms with Gasteiger partial charge in [-0.15, -0.1) is 0 Å². The van der Waals surface area contributed by atoms with E-state index in [1.54, 1.807) is 0 Å². The molecule has 0 fully saturated rings. The van der Waals surface area contributed by atoms with Crippen LogP contribution in [0.3, 0.4) is 0 Å². The first-order valence-electron chi connectivity index (χ1n) is 6.08. The topological polar surface area (TPSA) is 50.5 Å². The van der Waals surface area contributed by atoms with Gasteiger partial charge in [-0.3, -0.25) is 14.5 Å². The summed E-state index contributed by atoms with van der Waals surface area (Å²) >= 11 is 0. The van der Waals surface area contributed by atoms with Gasteiger partial charge < -0.3 is 4.42 Å². The van der Waals surface area contributed by atoms with Crippen molar-refractivity contribution >= 4 is 17.4 Å². The van der Waals surface area contributed by atoms with Gasteiger partial charge in [-0.2, -0.15) is 13.2 Å². The predicted octanol–water partition coefficient (Wildman–Crippen LogP) is 3.17. The fraction of sp³-hybridized carbons (Fsp3) is 0.143. The Morgan fingerprint density at radius 1 is 1.14 bits per heavy atom. The van der Waals surface area contributed by atoms with Gasteiger partial charge in [0.15, 0.2) is 0 Å². The molecule has 0 bridgehead atoms. The van der Waals surface area contributed by atoms with Crippen LogP contribution in [0.2, 0.25) is 0 Å². The van der Waals surface area contributed by atoms with Crippen LogP contribution in [-0.2, 0) is 17.5 Å². The maximum absolute atomic E-state index is 13.1. The van der Waals surface area contributed by atoms with Gasteiger partial charge in [-0.05, 0) is 24.3 Å². The molecule has 0 atom stereocenters. The molecule has 1 aromatic heterocycles. The lowest BCUT2D eigenvalue weighted by Gasteiger charge is -2.16. The van der Waals surface area contributed by atoms with Gasteiger partial charge in [0.2, 0.25) is 0 Å². The van der Waals surface area contributed by atoms with Crippen LogP contribution < -0.4 is 4.90 Å². The van der Waals surface area contributed by atoms with Crippen LogP contribution in [0.25, 0.3) is 0 Å². The number of carbonyl (C=O) groups is 2. The number of fused-ring (bicyclic) bond motifs is 1. The third-order valence-corrected chi connectivity index (χ3v) is 3.29. The monoisotopic (exact) mass is 313 g/mol. The Hall–Kier alpha value is -2.64. The summed E-state index contributed by atoms with van der Waals surface area (Å²) < 4.78 is 56.3. The zero-order valence-electron chi connectivity index (χ0n) is 10.8. The molecule has 1 amide bonds. The van der Waals surface area contributed by atoms with Crippen molar-refractivity contribution < 1.29 is 31.6 Å². The first-order chi connectivity index (χ1) is 10.3. The predicted molar refractivity (Wildman–Crippen MR) is 65.6 cm³/mol. The second kappa shape index (κ2) is 4.69. The molecule has 0 N–H and O–H groups in total. The third kappa shape index (κ3) is 2.16. The molecule has 2 heterocycles. The Morgan fingerprint density at radius 3 is 2.55 bits per heavy atom. The average Bonchev–Trinajstić information content (AvgIpc) is 2.99. The van der Waals surface area contributed by atoms with Crippen molar-refractivity contribution in [3.63, 3.8) is 0 Å². The van der Waals surface area contributed by atoms with Crippen LogP contribution in [0, 0.1) is 5.82 Å². The molecular formula is C14H7F4NO3. The standard InChI is InChI=1S/C14H7F4NO3/c15-7-1-2-10-8(5-7)12(20)13(21)19(10)6-11-9(3-4-22-11)14(16,17)18/h1-5H,6H2. The highest BCUT2D eigenvalue weighted by Gasteiger charge is 2.40. The molecule has 114 valence electrons. The van der Waals surface area contributed by atoms with Crippen LogP contribution in [-0.4, -0.2) is 11.7 Å². The highest BCUT2D eigenvalue weighted by molar-refractivity contribution is 6.52. The highest BCUT2D eigenvalue weighted by atomic mass is 19.4. The van der Waals surface area contributed by atoms with Gasteiger partial charge in [0.1, 0.15) is 11.6 Å². The molecule has 2 aromatic rings. The SMILES string of the molecule is O=C1C(=O)N(Cc2occc2C(F)(F)F)c2ccc(F)cc21. The molecular weight excluding hydrogens is 306 g/mol. The fourth-order valence-corrected chi connectivity index (χ4v) is 2.29. The molecule has 3 rings (SSSR count). The quantitative estimate of drug-likeness (QED) is 0.632. The number of hydrogen-bond acceptors (Lipinski definition) is 3. The number of amides is 1. The van der Waals surface area contributed by atoms with Gasteiger partial charge in [0.25, 0.3) is 11.7 Å². The van der Waals surface area contributed by atoms with E-state index in [1.807, 2.05) is 0 Å². The number of halogens is 4. The zero-order chi connectivity index (χ0) is 16.1. The minimum absolute atomic E-state index is 0.0564. The average molecular weight is 313 g/mol. The van der Waals surface area contributed by atoms with Crippen LogP contribution in [0.15, 0.2) is 34.9 Å². The summed E-state index contributed by atoms with van der Waals surface area (Å²) in [6.45, 7) is -0.564. The Bertz CT molecular complexity index is 779. The van der Waals surface area contributed by atoms with Crippen LogP contribution >= 0.6 is 0 Å². The van der Waals surface area contributed by atoms with E-state index in [1.165, 1.54) is 6.07 Å². The second-order valence-corrected chi connectivity index (χ2v) is 4.64. The molecule has 22 heavy (non-hydrogen) atoms. The summed E-state index contributed by atoms with van der Waals surface area (Å²) in [4.78, 5) is 24.5. The Balaban J connectivity index is 2.00. The summed E-state index contributed by atoms with van der Waals surface area (Å²) in [5.41, 5.74) is -1.14. The minimum Gasteiger partial charge on any atom is -0.467 e. The summed E-state index contributed by atoms with van der Waals surface area (Å²) in [6, 6.07) is 3.81. The van der Waals surface area contributed by atoms with Gasteiger partial charge in [0, 0.05) is 0 Å². The van der Waals surface area contributed by atoms with E-state index in [9.17, 15) is 27.2 Å². The third-order valence-electron chi connectivity index (χ3n) is 3.29. The molecule has 0 spiro atoms. The molecule has 1 aliphatic rings. The van der Waals surface area contributed by atoms with Gasteiger partial charge >= 0.3 is 6.18 Å². The number of anilines is 1. The molecule has 0 aliphatic carbocycles. The number of carbonyl (C=O) groups excluding carboxylic acids is 2. The Kier molecular flexibility index (Phi) is 3.05. The van der Waals surface area contributed by atoms with Crippen LogP contribution in [0.1, 0.15) is 21.7 Å². The number of benzene rings is 1. The van der Waals surface area contributed by atoms with Crippen molar-refractivity contribution in [1.82, 2.24) is 0 Å². The Labute approximate surface area is 120 Å². The van der Waals surface area contributed by atoms with Crippen molar-refractivity contribution in [2.24, 2.45) is 0 Å². The fourth-order valence-electron chi connectivity index (χ4n) is 2.29. The number of nitrogens with zero attached hydrogens (tertiary/aromatic N) is 1. The molecule has 1 aliphatic heterocycles. The maximum atomic E-state index is 13.1. The zero-order valence-corrected chi connectivity index (χ0v) is 10.8. The van der Waals surface area contributed by atoms with Crippen molar-refractivity contribution in [3.8, 4) is 0 Å². The molecule has 4 nitrogen and oxygen atoms in total. The van der Waals surface area contributed by atoms with E-state index < -0.39 is 41.6 Å². The van der Waals surface area contributed by atoms with E-state index >= 15 is 0 Å². The smallest absolute Gasteiger partial charge is 0.419 e. The lowest BCUT2D eigenvalue weighted by Crippen LogP contribution is -2.29. The van der Waals surface area contributed by atoms with Crippen molar-refractivity contribution in [1.29, 1.82) is 0 Å². The summed E-state index contributed by atoms with van der Waals surface area (Å²) in [5, 5.41) is 0. The number of hydrogen-bond donors (Lipinski definition) is 0. The van der Waals surface area contributed by atoms with Crippen LogP contribution in [0.4, 0.5) is 23.2 Å². The van der Waals surface area contributed by atoms with Gasteiger partial charge in [-0.25, -0.2) is 4.39 Å². The molecule has 0 radical (unpaired) electrons. The first-order valence-corrected chi connectivity index (χ1v) is 6.08. The minimum atomic E-state index is -4.64. The number of ketones is 1. The van der Waals surface area contributed by atoms with E-state index in [0.717, 1.165) is 29.4 Å². The van der Waals surface area contributed by atoms with E-state index in [0.29, 0.717) is 0 Å². The van der Waals surface area contributed by atoms with Crippen LogP contribution in [0.5, 0.6) is 0 Å². The van der Waals surface area contributed by atoms with E-state index in [-0.39, 0.29) is 11.3 Å². The largest absolute Gasteiger partial charge is 0.467 e. The Morgan fingerprint density at radius 2 is 1.86 bits per heavy atom. The second-order valence-electron chi connectivity index (χ2n) is 4.64. The maximum Gasteiger partial charge on any atom is 0.419 e. The van der Waals surface area contributed by atoms with E-state index in [4.69, 9.17) is 4.42 Å². The molecule has 0 saturated carbocycles. The molecule has 0 unspecified atom stereocenters. The summed E-state index contributed by atoms with van der Waals surface area (Å²) in [7, 11) is 0. The van der Waals surface area contributed by atoms with E-state index in [2.05, 4.69) is 0 Å². The summed E-state index contributed by atoms with van der Waals surface area (Å²) in [5.74, 6) is -3.19. The van der Waals surface area contributed by atoms with Gasteiger partial charge in [0.05, 0.1) is 29.6 Å². The normalized spacial score (nSPS) is 14.6. The number of alkyl halides is 3. The number of rotatable bonds is 2. The lowest BCUT2D eigenvalue weighted by molar-refractivity contribution is -0.138. The number of furan rings is 1.